The second-order valence-electron chi connectivity index (χ2n) is 4.44. The van der Waals surface area contributed by atoms with Gasteiger partial charge in [-0.1, -0.05) is 25.8 Å². The standard InChI is InChI=1S/C13H20O4/c1-9(13(15)16-3)12(17-10(2)14)11-7-5-4-6-8-11/h11-12H,1,4-8H2,2-3H3. The predicted molar refractivity (Wildman–Crippen MR) is 63.3 cm³/mol. The van der Waals surface area contributed by atoms with E-state index in [4.69, 9.17) is 4.74 Å². The van der Waals surface area contributed by atoms with Crippen molar-refractivity contribution < 1.29 is 19.1 Å². The Morgan fingerprint density at radius 2 is 1.82 bits per heavy atom. The van der Waals surface area contributed by atoms with Crippen LogP contribution in [0.1, 0.15) is 39.0 Å². The summed E-state index contributed by atoms with van der Waals surface area (Å²) in [6.07, 6.45) is 4.82. The second-order valence-corrected chi connectivity index (χ2v) is 4.44. The molecule has 0 spiro atoms. The van der Waals surface area contributed by atoms with E-state index in [0.29, 0.717) is 0 Å². The highest BCUT2D eigenvalue weighted by atomic mass is 16.6. The van der Waals surface area contributed by atoms with E-state index in [2.05, 4.69) is 11.3 Å². The van der Waals surface area contributed by atoms with E-state index in [1.165, 1.54) is 20.5 Å². The fraction of sp³-hybridized carbons (Fsp3) is 0.692. The molecule has 0 aromatic heterocycles. The molecule has 96 valence electrons. The smallest absolute Gasteiger partial charge is 0.336 e. The minimum Gasteiger partial charge on any atom is -0.466 e. The molecule has 1 fully saturated rings. The number of carbonyl (C=O) groups excluding carboxylic acids is 2. The first-order valence-corrected chi connectivity index (χ1v) is 6.00. The summed E-state index contributed by atoms with van der Waals surface area (Å²) in [4.78, 5) is 22.6. The molecule has 1 aliphatic carbocycles. The second kappa shape index (κ2) is 6.42. The van der Waals surface area contributed by atoms with Gasteiger partial charge in [-0.2, -0.15) is 0 Å². The fourth-order valence-corrected chi connectivity index (χ4v) is 2.31. The van der Waals surface area contributed by atoms with Crippen LogP contribution < -0.4 is 0 Å². The van der Waals surface area contributed by atoms with Gasteiger partial charge in [0.1, 0.15) is 6.10 Å². The number of rotatable bonds is 4. The van der Waals surface area contributed by atoms with Crippen molar-refractivity contribution in [3.63, 3.8) is 0 Å². The molecule has 0 heterocycles. The van der Waals surface area contributed by atoms with E-state index in [0.717, 1.165) is 25.7 Å². The van der Waals surface area contributed by atoms with E-state index in [9.17, 15) is 9.59 Å². The van der Waals surface area contributed by atoms with Crippen molar-refractivity contribution in [2.45, 2.75) is 45.1 Å². The van der Waals surface area contributed by atoms with Crippen molar-refractivity contribution in [2.75, 3.05) is 7.11 Å². The number of carbonyl (C=O) groups is 2. The third-order valence-corrected chi connectivity index (χ3v) is 3.16. The van der Waals surface area contributed by atoms with Crippen LogP contribution in [0.5, 0.6) is 0 Å². The van der Waals surface area contributed by atoms with E-state index < -0.39 is 12.1 Å². The molecule has 1 aliphatic rings. The Morgan fingerprint density at radius 3 is 2.29 bits per heavy atom. The summed E-state index contributed by atoms with van der Waals surface area (Å²) in [6.45, 7) is 5.05. The molecule has 1 atom stereocenters. The van der Waals surface area contributed by atoms with Crippen LogP contribution in [0, 0.1) is 5.92 Å². The SMILES string of the molecule is C=C(C(=O)OC)C(OC(C)=O)C1CCCCC1. The molecule has 0 radical (unpaired) electrons. The van der Waals surface area contributed by atoms with Crippen molar-refractivity contribution in [1.29, 1.82) is 0 Å². The van der Waals surface area contributed by atoms with Gasteiger partial charge in [0.2, 0.25) is 0 Å². The number of methoxy groups -OCH3 is 1. The molecule has 4 heteroatoms. The molecule has 17 heavy (non-hydrogen) atoms. The summed E-state index contributed by atoms with van der Waals surface area (Å²) >= 11 is 0. The Labute approximate surface area is 102 Å². The van der Waals surface area contributed by atoms with E-state index in [1.54, 1.807) is 0 Å². The highest BCUT2D eigenvalue weighted by Crippen LogP contribution is 2.31. The van der Waals surface area contributed by atoms with Crippen LogP contribution in [0.4, 0.5) is 0 Å². The Kier molecular flexibility index (Phi) is 5.19. The lowest BCUT2D eigenvalue weighted by atomic mass is 9.82. The van der Waals surface area contributed by atoms with Gasteiger partial charge in [0.25, 0.3) is 0 Å². The van der Waals surface area contributed by atoms with Crippen LogP contribution >= 0.6 is 0 Å². The third-order valence-electron chi connectivity index (χ3n) is 3.16. The minimum atomic E-state index is -0.528. The Morgan fingerprint density at radius 1 is 1.24 bits per heavy atom. The lowest BCUT2D eigenvalue weighted by Gasteiger charge is -2.30. The molecule has 1 saturated carbocycles. The average molecular weight is 240 g/mol. The molecule has 1 rings (SSSR count). The quantitative estimate of drug-likeness (QED) is 0.558. The lowest BCUT2D eigenvalue weighted by molar-refractivity contribution is -0.149. The largest absolute Gasteiger partial charge is 0.466 e. The molecule has 0 amide bonds. The minimum absolute atomic E-state index is 0.194. The van der Waals surface area contributed by atoms with Gasteiger partial charge in [0.15, 0.2) is 0 Å². The van der Waals surface area contributed by atoms with E-state index in [1.807, 2.05) is 0 Å². The Bertz CT molecular complexity index is 303. The highest BCUT2D eigenvalue weighted by Gasteiger charge is 2.31. The van der Waals surface area contributed by atoms with Gasteiger partial charge in [-0.15, -0.1) is 0 Å². The Hall–Kier alpha value is -1.32. The number of esters is 2. The van der Waals surface area contributed by atoms with Crippen molar-refractivity contribution in [3.8, 4) is 0 Å². The van der Waals surface area contributed by atoms with Gasteiger partial charge in [-0.3, -0.25) is 4.79 Å². The van der Waals surface area contributed by atoms with Crippen molar-refractivity contribution >= 4 is 11.9 Å². The van der Waals surface area contributed by atoms with E-state index in [-0.39, 0.29) is 17.5 Å². The zero-order valence-corrected chi connectivity index (χ0v) is 10.5. The van der Waals surface area contributed by atoms with E-state index >= 15 is 0 Å². The fourth-order valence-electron chi connectivity index (χ4n) is 2.31. The first-order valence-electron chi connectivity index (χ1n) is 6.00. The maximum absolute atomic E-state index is 11.5. The topological polar surface area (TPSA) is 52.6 Å². The maximum Gasteiger partial charge on any atom is 0.336 e. The molecule has 0 N–H and O–H groups in total. The van der Waals surface area contributed by atoms with Crippen molar-refractivity contribution in [1.82, 2.24) is 0 Å². The predicted octanol–water partition coefficient (Wildman–Crippen LogP) is 2.23. The summed E-state index contributed by atoms with van der Waals surface area (Å²) in [5.41, 5.74) is 0.245. The molecule has 4 nitrogen and oxygen atoms in total. The first-order chi connectivity index (χ1) is 8.06. The summed E-state index contributed by atoms with van der Waals surface area (Å²) in [5, 5.41) is 0. The van der Waals surface area contributed by atoms with Crippen LogP contribution in [0.3, 0.4) is 0 Å². The van der Waals surface area contributed by atoms with Gasteiger partial charge < -0.3 is 9.47 Å². The van der Waals surface area contributed by atoms with Crippen LogP contribution in [-0.2, 0) is 19.1 Å². The molecular weight excluding hydrogens is 220 g/mol. The molecule has 0 aliphatic heterocycles. The summed E-state index contributed by atoms with van der Waals surface area (Å²) in [7, 11) is 1.30. The molecule has 0 aromatic carbocycles. The average Bonchev–Trinajstić information content (AvgIpc) is 2.35. The normalized spacial score (nSPS) is 18.2. The number of hydrogen-bond donors (Lipinski definition) is 0. The summed E-state index contributed by atoms with van der Waals surface area (Å²) < 4.78 is 9.87. The molecule has 0 bridgehead atoms. The van der Waals surface area contributed by atoms with Crippen LogP contribution in [-0.4, -0.2) is 25.2 Å². The van der Waals surface area contributed by atoms with Crippen molar-refractivity contribution in [3.05, 3.63) is 12.2 Å². The number of ether oxygens (including phenoxy) is 2. The van der Waals surface area contributed by atoms with Gasteiger partial charge >= 0.3 is 11.9 Å². The van der Waals surface area contributed by atoms with Gasteiger partial charge in [-0.05, 0) is 12.8 Å². The zero-order valence-electron chi connectivity index (χ0n) is 10.5. The van der Waals surface area contributed by atoms with Gasteiger partial charge in [0, 0.05) is 12.8 Å². The lowest BCUT2D eigenvalue weighted by Crippen LogP contribution is -2.32. The molecule has 1 unspecified atom stereocenters. The first kappa shape index (κ1) is 13.7. The summed E-state index contributed by atoms with van der Waals surface area (Å²) in [6, 6.07) is 0. The van der Waals surface area contributed by atoms with Gasteiger partial charge in [-0.25, -0.2) is 4.79 Å². The summed E-state index contributed by atoms with van der Waals surface area (Å²) in [5.74, 6) is -0.688. The highest BCUT2D eigenvalue weighted by molar-refractivity contribution is 5.89. The third kappa shape index (κ3) is 3.88. The van der Waals surface area contributed by atoms with Gasteiger partial charge in [0.05, 0.1) is 12.7 Å². The zero-order chi connectivity index (χ0) is 12.8. The molecule has 0 aromatic rings. The monoisotopic (exact) mass is 240 g/mol. The maximum atomic E-state index is 11.5. The Balaban J connectivity index is 2.74. The van der Waals surface area contributed by atoms with Crippen molar-refractivity contribution in [2.24, 2.45) is 5.92 Å². The molecule has 0 saturated heterocycles. The molecular formula is C13H20O4. The van der Waals surface area contributed by atoms with Crippen LogP contribution in [0.25, 0.3) is 0 Å². The van der Waals surface area contributed by atoms with Crippen LogP contribution in [0.2, 0.25) is 0 Å². The number of hydrogen-bond acceptors (Lipinski definition) is 4. The van der Waals surface area contributed by atoms with Crippen LogP contribution in [0.15, 0.2) is 12.2 Å².